The molecule has 0 bridgehead atoms. The minimum absolute atomic E-state index is 0. The molecule has 1 aromatic rings. The maximum atomic E-state index is 10.9. The average molecular weight is 383 g/mol. The van der Waals surface area contributed by atoms with E-state index < -0.39 is 0 Å². The lowest BCUT2D eigenvalue weighted by molar-refractivity contribution is -0.140. The maximum absolute atomic E-state index is 10.9. The second-order valence-electron chi connectivity index (χ2n) is 3.26. The van der Waals surface area contributed by atoms with Gasteiger partial charge in [0, 0.05) is 18.5 Å². The van der Waals surface area contributed by atoms with E-state index in [0.29, 0.717) is 18.9 Å². The average Bonchev–Trinajstić information content (AvgIpc) is 2.86. The number of carbonyl (C=O) groups excluding carboxylic acids is 1. The van der Waals surface area contributed by atoms with Crippen LogP contribution in [0.4, 0.5) is 0 Å². The SMILES string of the molecule is CN=C(NCCC(=O)OC)NCc1cccs1.I. The van der Waals surface area contributed by atoms with Gasteiger partial charge in [-0.05, 0) is 11.4 Å². The topological polar surface area (TPSA) is 62.7 Å². The Labute approximate surface area is 128 Å². The number of carbonyl (C=O) groups is 1. The molecule has 5 nitrogen and oxygen atoms in total. The molecule has 0 radical (unpaired) electrons. The number of rotatable bonds is 5. The van der Waals surface area contributed by atoms with E-state index in [4.69, 9.17) is 0 Å². The van der Waals surface area contributed by atoms with Crippen LogP contribution >= 0.6 is 35.3 Å². The summed E-state index contributed by atoms with van der Waals surface area (Å²) in [6.45, 7) is 1.24. The molecule has 0 atom stereocenters. The summed E-state index contributed by atoms with van der Waals surface area (Å²) in [5.41, 5.74) is 0. The van der Waals surface area contributed by atoms with E-state index in [0.717, 1.165) is 6.54 Å². The van der Waals surface area contributed by atoms with Crippen LogP contribution in [-0.4, -0.2) is 32.6 Å². The van der Waals surface area contributed by atoms with Crippen LogP contribution in [0, 0.1) is 0 Å². The fraction of sp³-hybridized carbons (Fsp3) is 0.455. The molecule has 0 spiro atoms. The molecule has 102 valence electrons. The number of methoxy groups -OCH3 is 1. The number of aliphatic imine (C=N–C) groups is 1. The smallest absolute Gasteiger partial charge is 0.307 e. The van der Waals surface area contributed by atoms with Crippen molar-refractivity contribution >= 4 is 47.2 Å². The van der Waals surface area contributed by atoms with Gasteiger partial charge in [-0.2, -0.15) is 0 Å². The fourth-order valence-electron chi connectivity index (χ4n) is 1.19. The number of halogens is 1. The first-order chi connectivity index (χ1) is 8.26. The number of hydrogen-bond acceptors (Lipinski definition) is 4. The van der Waals surface area contributed by atoms with Gasteiger partial charge in [-0.3, -0.25) is 9.79 Å². The molecule has 0 aliphatic carbocycles. The predicted molar refractivity (Wildman–Crippen MR) is 84.6 cm³/mol. The zero-order chi connectivity index (χ0) is 12.5. The van der Waals surface area contributed by atoms with Crippen LogP contribution in [0.3, 0.4) is 0 Å². The Morgan fingerprint density at radius 3 is 2.83 bits per heavy atom. The largest absolute Gasteiger partial charge is 0.469 e. The highest BCUT2D eigenvalue weighted by Gasteiger charge is 2.02. The van der Waals surface area contributed by atoms with E-state index in [1.54, 1.807) is 18.4 Å². The highest BCUT2D eigenvalue weighted by molar-refractivity contribution is 14.0. The van der Waals surface area contributed by atoms with Crippen molar-refractivity contribution in [3.8, 4) is 0 Å². The molecule has 2 N–H and O–H groups in total. The van der Waals surface area contributed by atoms with Gasteiger partial charge in [0.1, 0.15) is 0 Å². The number of esters is 1. The maximum Gasteiger partial charge on any atom is 0.307 e. The van der Waals surface area contributed by atoms with Crippen molar-refractivity contribution in [1.29, 1.82) is 0 Å². The molecule has 18 heavy (non-hydrogen) atoms. The summed E-state index contributed by atoms with van der Waals surface area (Å²) in [5, 5.41) is 8.23. The first-order valence-corrected chi connectivity index (χ1v) is 6.18. The Morgan fingerprint density at radius 1 is 1.50 bits per heavy atom. The zero-order valence-corrected chi connectivity index (χ0v) is 13.6. The van der Waals surface area contributed by atoms with E-state index in [1.807, 2.05) is 11.4 Å². The molecular weight excluding hydrogens is 365 g/mol. The van der Waals surface area contributed by atoms with Gasteiger partial charge in [-0.25, -0.2) is 0 Å². The summed E-state index contributed by atoms with van der Waals surface area (Å²) >= 11 is 1.69. The van der Waals surface area contributed by atoms with Crippen LogP contribution in [0.1, 0.15) is 11.3 Å². The first-order valence-electron chi connectivity index (χ1n) is 5.30. The minimum atomic E-state index is -0.230. The quantitative estimate of drug-likeness (QED) is 0.351. The highest BCUT2D eigenvalue weighted by atomic mass is 127. The van der Waals surface area contributed by atoms with Gasteiger partial charge in [0.25, 0.3) is 0 Å². The summed E-state index contributed by atoms with van der Waals surface area (Å²) in [7, 11) is 3.08. The molecule has 1 heterocycles. The Bertz CT molecular complexity index is 368. The van der Waals surface area contributed by atoms with Crippen LogP contribution in [0.25, 0.3) is 0 Å². The summed E-state index contributed by atoms with van der Waals surface area (Å²) in [5.74, 6) is 0.452. The van der Waals surface area contributed by atoms with Crippen molar-refractivity contribution in [2.45, 2.75) is 13.0 Å². The number of nitrogens with zero attached hydrogens (tertiary/aromatic N) is 1. The van der Waals surface area contributed by atoms with E-state index >= 15 is 0 Å². The minimum Gasteiger partial charge on any atom is -0.469 e. The number of thiophene rings is 1. The lowest BCUT2D eigenvalue weighted by Gasteiger charge is -2.10. The van der Waals surface area contributed by atoms with Crippen molar-refractivity contribution in [3.05, 3.63) is 22.4 Å². The molecule has 0 aliphatic rings. The molecule has 1 rings (SSSR count). The predicted octanol–water partition coefficient (Wildman–Crippen LogP) is 1.59. The van der Waals surface area contributed by atoms with Gasteiger partial charge in [-0.1, -0.05) is 6.07 Å². The molecular formula is C11H18IN3O2S. The lowest BCUT2D eigenvalue weighted by Crippen LogP contribution is -2.37. The molecule has 0 unspecified atom stereocenters. The Kier molecular flexibility index (Phi) is 9.66. The standard InChI is InChI=1S/C11H17N3O2S.HI/c1-12-11(13-6-5-10(15)16-2)14-8-9-4-3-7-17-9;/h3-4,7H,5-6,8H2,1-2H3,(H2,12,13,14);1H. The number of nitrogens with one attached hydrogen (secondary N) is 2. The van der Waals surface area contributed by atoms with E-state index in [1.165, 1.54) is 12.0 Å². The van der Waals surface area contributed by atoms with Gasteiger partial charge in [0.2, 0.25) is 0 Å². The fourth-order valence-corrected chi connectivity index (χ4v) is 1.83. The molecule has 7 heteroatoms. The van der Waals surface area contributed by atoms with Crippen molar-refractivity contribution in [3.63, 3.8) is 0 Å². The van der Waals surface area contributed by atoms with E-state index in [-0.39, 0.29) is 29.9 Å². The number of ether oxygens (including phenoxy) is 1. The molecule has 0 saturated carbocycles. The Balaban J connectivity index is 0.00000289. The van der Waals surface area contributed by atoms with Crippen LogP contribution in [0.2, 0.25) is 0 Å². The van der Waals surface area contributed by atoms with Gasteiger partial charge < -0.3 is 15.4 Å². The number of guanidine groups is 1. The van der Waals surface area contributed by atoms with E-state index in [2.05, 4.69) is 26.4 Å². The molecule has 0 aromatic carbocycles. The van der Waals surface area contributed by atoms with Crippen molar-refractivity contribution in [2.75, 3.05) is 20.7 Å². The third-order valence-electron chi connectivity index (χ3n) is 2.08. The summed E-state index contributed by atoms with van der Waals surface area (Å²) in [6.07, 6.45) is 0.330. The monoisotopic (exact) mass is 383 g/mol. The van der Waals surface area contributed by atoms with Gasteiger partial charge >= 0.3 is 5.97 Å². The highest BCUT2D eigenvalue weighted by Crippen LogP contribution is 2.06. The van der Waals surface area contributed by atoms with Crippen LogP contribution < -0.4 is 10.6 Å². The second kappa shape index (κ2) is 10.1. The normalized spacial score (nSPS) is 10.4. The van der Waals surface area contributed by atoms with Gasteiger partial charge in [-0.15, -0.1) is 35.3 Å². The molecule has 0 aliphatic heterocycles. The first kappa shape index (κ1) is 17.2. The van der Waals surface area contributed by atoms with Crippen LogP contribution in [0.15, 0.2) is 22.5 Å². The van der Waals surface area contributed by atoms with E-state index in [9.17, 15) is 4.79 Å². The third kappa shape index (κ3) is 6.80. The Hall–Kier alpha value is -0.830. The van der Waals surface area contributed by atoms with Crippen molar-refractivity contribution in [1.82, 2.24) is 10.6 Å². The summed E-state index contributed by atoms with van der Waals surface area (Å²) < 4.78 is 4.55. The van der Waals surface area contributed by atoms with Crippen LogP contribution in [0.5, 0.6) is 0 Å². The van der Waals surface area contributed by atoms with Gasteiger partial charge in [0.05, 0.1) is 20.1 Å². The number of hydrogen-bond donors (Lipinski definition) is 2. The molecule has 1 aromatic heterocycles. The zero-order valence-electron chi connectivity index (χ0n) is 10.4. The van der Waals surface area contributed by atoms with Crippen molar-refractivity contribution < 1.29 is 9.53 Å². The van der Waals surface area contributed by atoms with Gasteiger partial charge in [0.15, 0.2) is 5.96 Å². The second-order valence-corrected chi connectivity index (χ2v) is 4.29. The van der Waals surface area contributed by atoms with Crippen molar-refractivity contribution in [2.24, 2.45) is 4.99 Å². The van der Waals surface area contributed by atoms with Crippen LogP contribution in [-0.2, 0) is 16.1 Å². The summed E-state index contributed by atoms with van der Waals surface area (Å²) in [6, 6.07) is 4.06. The molecule has 0 amide bonds. The molecule has 0 saturated heterocycles. The lowest BCUT2D eigenvalue weighted by atomic mass is 10.4. The molecule has 0 fully saturated rings. The Morgan fingerprint density at radius 2 is 2.28 bits per heavy atom. The summed E-state index contributed by atoms with van der Waals surface area (Å²) in [4.78, 5) is 16.2. The third-order valence-corrected chi connectivity index (χ3v) is 2.96.